The van der Waals surface area contributed by atoms with E-state index in [0.29, 0.717) is 21.2 Å². The molecule has 0 saturated carbocycles. The number of nitriles is 2. The second-order valence-corrected chi connectivity index (χ2v) is 17.0. The normalized spacial score (nSPS) is 16.0. The third kappa shape index (κ3) is 6.86. The summed E-state index contributed by atoms with van der Waals surface area (Å²) >= 11 is 12.6. The number of rotatable bonds is 6. The van der Waals surface area contributed by atoms with Gasteiger partial charge in [0.15, 0.2) is 0 Å². The summed E-state index contributed by atoms with van der Waals surface area (Å²) in [5, 5.41) is 21.7. The van der Waals surface area contributed by atoms with Crippen molar-refractivity contribution in [2.75, 3.05) is 19.0 Å². The number of hydrogen-bond acceptors (Lipinski definition) is 3. The number of halogens is 2. The molecule has 2 aliphatic heterocycles. The van der Waals surface area contributed by atoms with E-state index in [1.165, 1.54) is 21.9 Å². The Hall–Kier alpha value is -6.11. The smallest absolute Gasteiger partial charge is 0.209 e. The number of anilines is 1. The van der Waals surface area contributed by atoms with Gasteiger partial charge in [-0.15, -0.1) is 0 Å². The molecule has 58 heavy (non-hydrogen) atoms. The zero-order valence-electron chi connectivity index (χ0n) is 33.7. The van der Waals surface area contributed by atoms with Gasteiger partial charge >= 0.3 is 0 Å². The predicted octanol–water partition coefficient (Wildman–Crippen LogP) is 9.72. The third-order valence-corrected chi connectivity index (χ3v) is 12.5. The van der Waals surface area contributed by atoms with Gasteiger partial charge in [-0.05, 0) is 55.8 Å². The Kier molecular flexibility index (Phi) is 11.1. The summed E-state index contributed by atoms with van der Waals surface area (Å²) < 4.78 is 2.03. The van der Waals surface area contributed by atoms with Crippen LogP contribution in [0.2, 0.25) is 10.0 Å². The zero-order valence-corrected chi connectivity index (χ0v) is 35.2. The molecule has 0 aromatic heterocycles. The molecule has 6 aromatic carbocycles. The molecule has 0 unspecified atom stereocenters. The first-order chi connectivity index (χ1) is 27.9. The Morgan fingerprint density at radius 2 is 1.03 bits per heavy atom. The summed E-state index contributed by atoms with van der Waals surface area (Å²) in [5.74, 6) is 0. The van der Waals surface area contributed by atoms with Crippen molar-refractivity contribution in [3.63, 3.8) is 0 Å². The molecular formula is C51H45BCl2N4. The van der Waals surface area contributed by atoms with Crippen LogP contribution < -0.4 is 26.8 Å². The zero-order chi connectivity index (χ0) is 41.2. The minimum Gasteiger partial charge on any atom is -0.346 e. The lowest BCUT2D eigenvalue weighted by Crippen LogP contribution is -2.74. The molecule has 0 fully saturated rings. The van der Waals surface area contributed by atoms with Gasteiger partial charge < -0.3 is 4.90 Å². The number of likely N-dealkylation sites (N-methyl/N-ethyl adjacent to an activating group) is 1. The van der Waals surface area contributed by atoms with Gasteiger partial charge in [-0.25, -0.2) is 0 Å². The molecule has 2 heterocycles. The SMILES string of the molecule is CN1C(=C(C#N)C=C(C#N)C2=[N+](C)c3ccc(Cl)cc3C2(C)C)C(C)(C)c2cc(Cl)ccc21.c1ccc([B-](c2ccccc2)(c2ccccc2)c2ccccc2)cc1. The van der Waals surface area contributed by atoms with E-state index in [2.05, 4.69) is 161 Å². The molecule has 2 aliphatic rings. The van der Waals surface area contributed by atoms with Gasteiger partial charge in [-0.3, -0.25) is 0 Å². The first kappa shape index (κ1) is 40.1. The van der Waals surface area contributed by atoms with Crippen LogP contribution in [0.4, 0.5) is 11.4 Å². The molecule has 0 amide bonds. The second kappa shape index (κ2) is 16.0. The van der Waals surface area contributed by atoms with Crippen molar-refractivity contribution in [1.29, 1.82) is 10.5 Å². The highest BCUT2D eigenvalue weighted by Gasteiger charge is 2.47. The Balaban J connectivity index is 0.000000183. The Bertz CT molecular complexity index is 2510. The van der Waals surface area contributed by atoms with Crippen LogP contribution in [0, 0.1) is 22.7 Å². The van der Waals surface area contributed by atoms with E-state index < -0.39 is 17.0 Å². The summed E-state index contributed by atoms with van der Waals surface area (Å²) in [7, 11) is 3.90. The second-order valence-electron chi connectivity index (χ2n) is 16.1. The first-order valence-corrected chi connectivity index (χ1v) is 20.2. The van der Waals surface area contributed by atoms with Crippen molar-refractivity contribution in [3.05, 3.63) is 202 Å². The van der Waals surface area contributed by atoms with Crippen LogP contribution >= 0.6 is 23.2 Å². The van der Waals surface area contributed by atoms with Crippen molar-refractivity contribution in [3.8, 4) is 12.1 Å². The van der Waals surface area contributed by atoms with Gasteiger partial charge in [0, 0.05) is 45.5 Å². The fraction of sp³-hybridized carbons (Fsp3) is 0.157. The van der Waals surface area contributed by atoms with E-state index in [0.717, 1.165) is 33.9 Å². The number of benzene rings is 6. The number of hydrogen-bond donors (Lipinski definition) is 0. The van der Waals surface area contributed by atoms with E-state index in [4.69, 9.17) is 23.2 Å². The van der Waals surface area contributed by atoms with Gasteiger partial charge in [0.05, 0.1) is 11.0 Å². The molecule has 0 saturated heterocycles. The highest BCUT2D eigenvalue weighted by molar-refractivity contribution is 7.19. The topological polar surface area (TPSA) is 53.8 Å². The highest BCUT2D eigenvalue weighted by atomic mass is 35.5. The van der Waals surface area contributed by atoms with Gasteiger partial charge in [0.1, 0.15) is 30.9 Å². The van der Waals surface area contributed by atoms with Crippen LogP contribution in [-0.2, 0) is 10.8 Å². The van der Waals surface area contributed by atoms with Crippen LogP contribution in [0.5, 0.6) is 0 Å². The minimum atomic E-state index is -1.22. The average molecular weight is 796 g/mol. The van der Waals surface area contributed by atoms with E-state index in [9.17, 15) is 10.5 Å². The van der Waals surface area contributed by atoms with E-state index in [1.807, 2.05) is 60.0 Å². The van der Waals surface area contributed by atoms with E-state index in [-0.39, 0.29) is 0 Å². The molecular weight excluding hydrogens is 750 g/mol. The lowest BCUT2D eigenvalue weighted by atomic mass is 9.13. The van der Waals surface area contributed by atoms with Crippen LogP contribution in [-0.4, -0.2) is 30.5 Å². The Morgan fingerprint density at radius 3 is 1.47 bits per heavy atom. The minimum absolute atomic E-state index is 0.449. The maximum Gasteiger partial charge on any atom is 0.209 e. The number of fused-ring (bicyclic) bond motifs is 2. The van der Waals surface area contributed by atoms with Crippen LogP contribution in [0.25, 0.3) is 0 Å². The summed E-state index contributed by atoms with van der Waals surface area (Å²) in [6, 6.07) is 59.8. The molecule has 8 rings (SSSR count). The first-order valence-electron chi connectivity index (χ1n) is 19.5. The molecule has 0 aliphatic carbocycles. The fourth-order valence-corrected chi connectivity index (χ4v) is 9.89. The van der Waals surface area contributed by atoms with Crippen LogP contribution in [0.15, 0.2) is 181 Å². The summed E-state index contributed by atoms with van der Waals surface area (Å²) in [6.07, 6.45) is 0.509. The Morgan fingerprint density at radius 1 is 0.603 bits per heavy atom. The van der Waals surface area contributed by atoms with Crippen LogP contribution in [0.1, 0.15) is 38.8 Å². The standard InChI is InChI=1S/C27H25Cl2N4.C24H20B/c1-26(2)20-12-18(28)7-9-22(20)32(5)24(26)16(14-30)11-17(15-31)25-27(3,4)21-13-19(29)8-10-23(21)33(25)6;1-5-13-21(14-6-1)25(22-15-7-2-8-16-22,23-17-9-3-10-18-23)24-19-11-4-12-20-24/h7-13H,1-6H3;1-20H/q+1;-1. The quantitative estimate of drug-likeness (QED) is 0.0959. The molecule has 286 valence electrons. The van der Waals surface area contributed by atoms with Gasteiger partial charge in [-0.2, -0.15) is 37.0 Å². The van der Waals surface area contributed by atoms with Gasteiger partial charge in [-0.1, -0.05) is 158 Å². The van der Waals surface area contributed by atoms with Crippen LogP contribution in [0.3, 0.4) is 0 Å². The molecule has 0 N–H and O–H groups in total. The van der Waals surface area contributed by atoms with Gasteiger partial charge in [0.25, 0.3) is 0 Å². The summed E-state index contributed by atoms with van der Waals surface area (Å²) in [5.41, 5.74) is 11.2. The number of nitrogens with zero attached hydrogens (tertiary/aromatic N) is 4. The molecule has 7 heteroatoms. The average Bonchev–Trinajstić information content (AvgIpc) is 3.56. The van der Waals surface area contributed by atoms with Crippen molar-refractivity contribution in [1.82, 2.24) is 0 Å². The molecule has 4 nitrogen and oxygen atoms in total. The van der Waals surface area contributed by atoms with Crippen molar-refractivity contribution < 1.29 is 4.58 Å². The lowest BCUT2D eigenvalue weighted by molar-refractivity contribution is -0.401. The molecule has 0 atom stereocenters. The third-order valence-electron chi connectivity index (χ3n) is 12.1. The molecule has 0 bridgehead atoms. The maximum atomic E-state index is 10.2. The van der Waals surface area contributed by atoms with E-state index in [1.54, 1.807) is 6.08 Å². The predicted molar refractivity (Wildman–Crippen MR) is 245 cm³/mol. The Labute approximate surface area is 353 Å². The lowest BCUT2D eigenvalue weighted by Gasteiger charge is -2.44. The number of allylic oxidation sites excluding steroid dienone is 4. The summed E-state index contributed by atoms with van der Waals surface area (Å²) in [6.45, 7) is 8.31. The molecule has 0 radical (unpaired) electrons. The monoisotopic (exact) mass is 794 g/mol. The molecule has 6 aromatic rings. The summed E-state index contributed by atoms with van der Waals surface area (Å²) in [4.78, 5) is 2.03. The fourth-order valence-electron chi connectivity index (χ4n) is 9.54. The van der Waals surface area contributed by atoms with Crippen molar-refractivity contribution >= 4 is 68.3 Å². The van der Waals surface area contributed by atoms with Crippen molar-refractivity contribution in [2.24, 2.45) is 0 Å². The maximum absolute atomic E-state index is 10.2. The highest BCUT2D eigenvalue weighted by Crippen LogP contribution is 2.49. The largest absolute Gasteiger partial charge is 0.346 e. The van der Waals surface area contributed by atoms with Gasteiger partial charge in [0.2, 0.25) is 11.4 Å². The van der Waals surface area contributed by atoms with Crippen molar-refractivity contribution in [2.45, 2.75) is 38.5 Å². The van der Waals surface area contributed by atoms with E-state index >= 15 is 0 Å². The molecule has 0 spiro atoms.